The van der Waals surface area contributed by atoms with Crippen LogP contribution < -0.4 is 20.1 Å². The van der Waals surface area contributed by atoms with Crippen molar-refractivity contribution in [3.63, 3.8) is 0 Å². The van der Waals surface area contributed by atoms with Gasteiger partial charge in [-0.25, -0.2) is 0 Å². The van der Waals surface area contributed by atoms with Gasteiger partial charge in [-0.15, -0.1) is 0 Å². The van der Waals surface area contributed by atoms with Crippen LogP contribution in [0.1, 0.15) is 33.6 Å². The first-order chi connectivity index (χ1) is 12.6. The Morgan fingerprint density at radius 3 is 2.81 bits per heavy atom. The zero-order valence-electron chi connectivity index (χ0n) is 16.8. The number of likely N-dealkylation sites (tertiary alicyclic amines) is 1. The van der Waals surface area contributed by atoms with E-state index in [2.05, 4.69) is 34.4 Å². The van der Waals surface area contributed by atoms with E-state index in [9.17, 15) is 0 Å². The Labute approximate surface area is 158 Å². The monoisotopic (exact) mass is 362 g/mol. The fourth-order valence-corrected chi connectivity index (χ4v) is 3.39. The van der Waals surface area contributed by atoms with Crippen LogP contribution in [0, 0.1) is 5.92 Å². The van der Waals surface area contributed by atoms with Crippen molar-refractivity contribution in [2.24, 2.45) is 10.9 Å². The third-order valence-corrected chi connectivity index (χ3v) is 4.55. The highest BCUT2D eigenvalue weighted by atomic mass is 16.5. The summed E-state index contributed by atoms with van der Waals surface area (Å²) in [6.07, 6.45) is 2.52. The molecule has 0 aliphatic carbocycles. The second-order valence-corrected chi connectivity index (χ2v) is 7.06. The Balaban J connectivity index is 1.94. The Morgan fingerprint density at radius 1 is 1.35 bits per heavy atom. The molecule has 0 amide bonds. The molecule has 1 aromatic rings. The number of nitrogens with zero attached hydrogens (tertiary/aromatic N) is 2. The lowest BCUT2D eigenvalue weighted by atomic mass is 10.1. The number of nitrogens with one attached hydrogen (secondary N) is 2. The van der Waals surface area contributed by atoms with Crippen LogP contribution in [0.4, 0.5) is 5.69 Å². The maximum Gasteiger partial charge on any atom is 0.195 e. The predicted octanol–water partition coefficient (Wildman–Crippen LogP) is 3.20. The Kier molecular flexibility index (Phi) is 8.04. The van der Waals surface area contributed by atoms with Crippen LogP contribution in [0.15, 0.2) is 23.2 Å². The number of anilines is 1. The van der Waals surface area contributed by atoms with Crippen LogP contribution in [-0.4, -0.2) is 57.3 Å². The molecule has 6 heteroatoms. The molecule has 1 atom stereocenters. The van der Waals surface area contributed by atoms with Gasteiger partial charge in [0, 0.05) is 37.9 Å². The maximum absolute atomic E-state index is 5.64. The van der Waals surface area contributed by atoms with Gasteiger partial charge in [-0.2, -0.15) is 0 Å². The quantitative estimate of drug-likeness (QED) is 0.549. The molecule has 146 valence electrons. The smallest absolute Gasteiger partial charge is 0.195 e. The van der Waals surface area contributed by atoms with Crippen molar-refractivity contribution in [3.05, 3.63) is 18.2 Å². The molecule has 2 N–H and O–H groups in total. The van der Waals surface area contributed by atoms with Gasteiger partial charge < -0.3 is 20.1 Å². The summed E-state index contributed by atoms with van der Waals surface area (Å²) in [6, 6.07) is 6.39. The third-order valence-electron chi connectivity index (χ3n) is 4.55. The first-order valence-electron chi connectivity index (χ1n) is 9.59. The highest BCUT2D eigenvalue weighted by molar-refractivity contribution is 5.93. The lowest BCUT2D eigenvalue weighted by Gasteiger charge is -2.27. The molecule has 2 rings (SSSR count). The number of hydrogen-bond donors (Lipinski definition) is 2. The zero-order valence-corrected chi connectivity index (χ0v) is 16.8. The van der Waals surface area contributed by atoms with Gasteiger partial charge in [0.25, 0.3) is 0 Å². The van der Waals surface area contributed by atoms with Gasteiger partial charge >= 0.3 is 0 Å². The summed E-state index contributed by atoms with van der Waals surface area (Å²) in [5.74, 6) is 2.93. The van der Waals surface area contributed by atoms with E-state index in [-0.39, 0.29) is 0 Å². The van der Waals surface area contributed by atoms with E-state index in [0.717, 1.165) is 36.2 Å². The van der Waals surface area contributed by atoms with Gasteiger partial charge in [0.15, 0.2) is 17.5 Å². The summed E-state index contributed by atoms with van der Waals surface area (Å²) in [7, 11) is 3.44. The predicted molar refractivity (Wildman–Crippen MR) is 109 cm³/mol. The first-order valence-corrected chi connectivity index (χ1v) is 9.59. The highest BCUT2D eigenvalue weighted by Crippen LogP contribution is 2.30. The fourth-order valence-electron chi connectivity index (χ4n) is 3.39. The second kappa shape index (κ2) is 10.3. The summed E-state index contributed by atoms with van der Waals surface area (Å²) in [5, 5.41) is 6.81. The molecule has 0 saturated carbocycles. The molecule has 0 spiro atoms. The molecular weight excluding hydrogens is 328 g/mol. The number of ether oxygens (including phenoxy) is 2. The lowest BCUT2D eigenvalue weighted by Crippen LogP contribution is -2.43. The van der Waals surface area contributed by atoms with Crippen molar-refractivity contribution < 1.29 is 9.47 Å². The van der Waals surface area contributed by atoms with Crippen LogP contribution >= 0.6 is 0 Å². The standard InChI is InChI=1S/C20H34N4O2/c1-6-26-19-12-16(9-10-18(19)25-5)23-20(21-4)22-13-17-8-7-11-24(17)14-15(2)3/h9-10,12,15,17H,6-8,11,13-14H2,1-5H3,(H2,21,22,23)/t17-/m1/s1. The van der Waals surface area contributed by atoms with Gasteiger partial charge in [0.1, 0.15) is 0 Å². The van der Waals surface area contributed by atoms with Crippen molar-refractivity contribution >= 4 is 11.6 Å². The SMILES string of the molecule is CCOc1cc(NC(=NC)NC[C@H]2CCCN2CC(C)C)ccc1OC. The van der Waals surface area contributed by atoms with E-state index in [1.165, 1.54) is 19.4 Å². The van der Waals surface area contributed by atoms with Crippen molar-refractivity contribution in [1.29, 1.82) is 0 Å². The molecular formula is C20H34N4O2. The molecule has 26 heavy (non-hydrogen) atoms. The summed E-state index contributed by atoms with van der Waals surface area (Å²) in [6.45, 7) is 10.4. The molecule has 0 aromatic heterocycles. The summed E-state index contributed by atoms with van der Waals surface area (Å²) in [5.41, 5.74) is 0.924. The number of hydrogen-bond acceptors (Lipinski definition) is 4. The van der Waals surface area contributed by atoms with Gasteiger partial charge in [0.2, 0.25) is 0 Å². The number of benzene rings is 1. The van der Waals surface area contributed by atoms with Gasteiger partial charge in [-0.05, 0) is 44.4 Å². The minimum atomic E-state index is 0.575. The van der Waals surface area contributed by atoms with Crippen LogP contribution in [0.25, 0.3) is 0 Å². The first kappa shape index (κ1) is 20.4. The van der Waals surface area contributed by atoms with Crippen molar-refractivity contribution in [1.82, 2.24) is 10.2 Å². The molecule has 0 unspecified atom stereocenters. The van der Waals surface area contributed by atoms with Crippen molar-refractivity contribution in [2.75, 3.05) is 45.7 Å². The Bertz CT molecular complexity index is 589. The number of methoxy groups -OCH3 is 1. The normalized spacial score (nSPS) is 18.2. The number of aliphatic imine (C=N–C) groups is 1. The van der Waals surface area contributed by atoms with Gasteiger partial charge in [0.05, 0.1) is 13.7 Å². The molecule has 0 bridgehead atoms. The number of guanidine groups is 1. The van der Waals surface area contributed by atoms with Crippen molar-refractivity contribution in [2.45, 2.75) is 39.7 Å². The summed E-state index contributed by atoms with van der Waals surface area (Å²) in [4.78, 5) is 6.94. The van der Waals surface area contributed by atoms with Crippen LogP contribution in [0.5, 0.6) is 11.5 Å². The Morgan fingerprint density at radius 2 is 2.15 bits per heavy atom. The fraction of sp³-hybridized carbons (Fsp3) is 0.650. The lowest BCUT2D eigenvalue weighted by molar-refractivity contribution is 0.227. The molecule has 6 nitrogen and oxygen atoms in total. The van der Waals surface area contributed by atoms with Crippen LogP contribution in [-0.2, 0) is 0 Å². The Hall–Kier alpha value is -1.95. The molecule has 1 aliphatic rings. The summed E-state index contributed by atoms with van der Waals surface area (Å²) < 4.78 is 11.0. The zero-order chi connectivity index (χ0) is 18.9. The minimum Gasteiger partial charge on any atom is -0.493 e. The van der Waals surface area contributed by atoms with E-state index in [0.29, 0.717) is 18.6 Å². The van der Waals surface area contributed by atoms with E-state index in [4.69, 9.17) is 9.47 Å². The van der Waals surface area contributed by atoms with E-state index >= 15 is 0 Å². The maximum atomic E-state index is 5.64. The summed E-state index contributed by atoms with van der Waals surface area (Å²) >= 11 is 0. The van der Waals surface area contributed by atoms with Crippen LogP contribution in [0.3, 0.4) is 0 Å². The third kappa shape index (κ3) is 5.80. The van der Waals surface area contributed by atoms with E-state index in [1.54, 1.807) is 14.2 Å². The minimum absolute atomic E-state index is 0.575. The highest BCUT2D eigenvalue weighted by Gasteiger charge is 2.24. The molecule has 1 aliphatic heterocycles. The van der Waals surface area contributed by atoms with E-state index in [1.807, 2.05) is 25.1 Å². The van der Waals surface area contributed by atoms with Gasteiger partial charge in [-0.1, -0.05) is 13.8 Å². The largest absolute Gasteiger partial charge is 0.493 e. The molecule has 1 saturated heterocycles. The van der Waals surface area contributed by atoms with E-state index < -0.39 is 0 Å². The number of rotatable bonds is 8. The average molecular weight is 363 g/mol. The second-order valence-electron chi connectivity index (χ2n) is 7.06. The molecule has 1 fully saturated rings. The molecule has 1 aromatic carbocycles. The topological polar surface area (TPSA) is 58.1 Å². The molecule has 0 radical (unpaired) electrons. The van der Waals surface area contributed by atoms with Crippen molar-refractivity contribution in [3.8, 4) is 11.5 Å². The van der Waals surface area contributed by atoms with Gasteiger partial charge in [-0.3, -0.25) is 9.89 Å². The van der Waals surface area contributed by atoms with Crippen LogP contribution in [0.2, 0.25) is 0 Å². The average Bonchev–Trinajstić information content (AvgIpc) is 3.05. The molecule has 1 heterocycles.